The van der Waals surface area contributed by atoms with Crippen LogP contribution in [0.4, 0.5) is 0 Å². The average Bonchev–Trinajstić information content (AvgIpc) is 2.53. The van der Waals surface area contributed by atoms with E-state index in [0.29, 0.717) is 6.04 Å². The third-order valence-corrected chi connectivity index (χ3v) is 4.29. The maximum Gasteiger partial charge on any atom is 0.00225 e. The maximum atomic E-state index is 5.72. The zero-order valence-corrected chi connectivity index (χ0v) is 15.8. The third kappa shape index (κ3) is 21.8. The Morgan fingerprint density at radius 1 is 0.609 bits per heavy atom. The Labute approximate surface area is 145 Å². The number of hydrogen-bond acceptors (Lipinski definition) is 4. The molecular formula is C19H44N4. The van der Waals surface area contributed by atoms with Crippen LogP contribution in [0.5, 0.6) is 0 Å². The summed E-state index contributed by atoms with van der Waals surface area (Å²) in [6, 6.07) is 0.329. The van der Waals surface area contributed by atoms with Gasteiger partial charge in [0.2, 0.25) is 0 Å². The zero-order chi connectivity index (χ0) is 17.0. The third-order valence-electron chi connectivity index (χ3n) is 4.29. The lowest BCUT2D eigenvalue weighted by molar-refractivity contribution is 0.526. The lowest BCUT2D eigenvalue weighted by Crippen LogP contribution is -2.24. The van der Waals surface area contributed by atoms with E-state index in [0.717, 1.165) is 45.6 Å². The highest BCUT2D eigenvalue weighted by atomic mass is 14.9. The fraction of sp³-hybridized carbons (Fsp3) is 1.00. The van der Waals surface area contributed by atoms with Gasteiger partial charge in [-0.1, -0.05) is 51.4 Å². The molecule has 0 aliphatic rings. The van der Waals surface area contributed by atoms with Crippen LogP contribution in [0.3, 0.4) is 0 Å². The van der Waals surface area contributed by atoms with Crippen molar-refractivity contribution in [2.75, 3.05) is 32.7 Å². The number of unbranched alkanes of at least 4 members (excludes halogenated alkanes) is 9. The van der Waals surface area contributed by atoms with Gasteiger partial charge in [0.25, 0.3) is 0 Å². The monoisotopic (exact) mass is 328 g/mol. The van der Waals surface area contributed by atoms with Crippen LogP contribution in [0.15, 0.2) is 0 Å². The fourth-order valence-electron chi connectivity index (χ4n) is 2.72. The van der Waals surface area contributed by atoms with Crippen LogP contribution >= 0.6 is 0 Å². The van der Waals surface area contributed by atoms with Crippen LogP contribution in [0.25, 0.3) is 0 Å². The zero-order valence-electron chi connectivity index (χ0n) is 15.8. The Kier molecular flexibility index (Phi) is 19.7. The predicted molar refractivity (Wildman–Crippen MR) is 104 cm³/mol. The molecule has 0 aliphatic heterocycles. The Hall–Kier alpha value is -0.160. The van der Waals surface area contributed by atoms with E-state index in [-0.39, 0.29) is 0 Å². The lowest BCUT2D eigenvalue weighted by Gasteiger charge is -2.07. The van der Waals surface area contributed by atoms with Gasteiger partial charge >= 0.3 is 0 Å². The molecule has 0 saturated heterocycles. The normalized spacial score (nSPS) is 12.7. The number of rotatable bonds is 19. The van der Waals surface area contributed by atoms with Gasteiger partial charge in [-0.15, -0.1) is 0 Å². The molecule has 0 amide bonds. The van der Waals surface area contributed by atoms with E-state index in [1.54, 1.807) is 0 Å². The molecule has 23 heavy (non-hydrogen) atoms. The quantitative estimate of drug-likeness (QED) is 0.275. The number of nitrogens with one attached hydrogen (secondary N) is 2. The van der Waals surface area contributed by atoms with Crippen molar-refractivity contribution in [3.8, 4) is 0 Å². The van der Waals surface area contributed by atoms with Crippen LogP contribution in [0.1, 0.15) is 84.0 Å². The van der Waals surface area contributed by atoms with Gasteiger partial charge in [0.1, 0.15) is 0 Å². The van der Waals surface area contributed by atoms with E-state index in [1.807, 2.05) is 0 Å². The first-order valence-electron chi connectivity index (χ1n) is 10.1. The van der Waals surface area contributed by atoms with Gasteiger partial charge in [0.05, 0.1) is 0 Å². The molecule has 140 valence electrons. The topological polar surface area (TPSA) is 76.1 Å². The van der Waals surface area contributed by atoms with Crippen molar-refractivity contribution in [3.05, 3.63) is 0 Å². The molecule has 0 spiro atoms. The summed E-state index contributed by atoms with van der Waals surface area (Å²) in [6.07, 6.45) is 16.1. The average molecular weight is 329 g/mol. The van der Waals surface area contributed by atoms with E-state index >= 15 is 0 Å². The Balaban J connectivity index is 2.95. The van der Waals surface area contributed by atoms with Crippen LogP contribution in [0.2, 0.25) is 0 Å². The summed E-state index contributed by atoms with van der Waals surface area (Å²) in [5.74, 6) is 0. The molecular weight excluding hydrogens is 284 g/mol. The van der Waals surface area contributed by atoms with Crippen LogP contribution < -0.4 is 22.1 Å². The van der Waals surface area contributed by atoms with Gasteiger partial charge < -0.3 is 22.1 Å². The Bertz CT molecular complexity index is 210. The molecule has 0 heterocycles. The van der Waals surface area contributed by atoms with Crippen LogP contribution in [-0.2, 0) is 0 Å². The van der Waals surface area contributed by atoms with Gasteiger partial charge in [0.15, 0.2) is 0 Å². The van der Waals surface area contributed by atoms with Gasteiger partial charge in [0, 0.05) is 6.04 Å². The minimum Gasteiger partial charge on any atom is -0.330 e. The largest absolute Gasteiger partial charge is 0.330 e. The van der Waals surface area contributed by atoms with Crippen molar-refractivity contribution in [2.45, 2.75) is 90.0 Å². The van der Waals surface area contributed by atoms with E-state index in [2.05, 4.69) is 17.6 Å². The van der Waals surface area contributed by atoms with Gasteiger partial charge in [-0.3, -0.25) is 0 Å². The molecule has 0 radical (unpaired) electrons. The van der Waals surface area contributed by atoms with Gasteiger partial charge in [-0.05, 0) is 65.3 Å². The molecule has 0 fully saturated rings. The SMILES string of the molecule is CC(N)CCNCCCCCCCCCCCCNCCCN. The van der Waals surface area contributed by atoms with E-state index in [4.69, 9.17) is 11.5 Å². The molecule has 1 atom stereocenters. The molecule has 0 aromatic heterocycles. The first-order chi connectivity index (χ1) is 11.3. The summed E-state index contributed by atoms with van der Waals surface area (Å²) in [4.78, 5) is 0. The second-order valence-corrected chi connectivity index (χ2v) is 6.94. The summed E-state index contributed by atoms with van der Waals surface area (Å²) < 4.78 is 0. The molecule has 4 nitrogen and oxygen atoms in total. The van der Waals surface area contributed by atoms with Crippen molar-refractivity contribution in [1.82, 2.24) is 10.6 Å². The highest BCUT2D eigenvalue weighted by Crippen LogP contribution is 2.10. The molecule has 1 unspecified atom stereocenters. The van der Waals surface area contributed by atoms with Crippen LogP contribution in [-0.4, -0.2) is 38.8 Å². The summed E-state index contributed by atoms with van der Waals surface area (Å²) in [6.45, 7) is 7.35. The number of hydrogen-bond donors (Lipinski definition) is 4. The second kappa shape index (κ2) is 19.9. The first-order valence-corrected chi connectivity index (χ1v) is 10.1. The van der Waals surface area contributed by atoms with Crippen molar-refractivity contribution in [1.29, 1.82) is 0 Å². The molecule has 4 heteroatoms. The summed E-state index contributed by atoms with van der Waals surface area (Å²) in [7, 11) is 0. The highest BCUT2D eigenvalue weighted by Gasteiger charge is 1.95. The van der Waals surface area contributed by atoms with Crippen molar-refractivity contribution >= 4 is 0 Å². The Morgan fingerprint density at radius 3 is 1.43 bits per heavy atom. The van der Waals surface area contributed by atoms with Crippen molar-refractivity contribution < 1.29 is 0 Å². The first kappa shape index (κ1) is 22.8. The van der Waals surface area contributed by atoms with Crippen molar-refractivity contribution in [3.63, 3.8) is 0 Å². The van der Waals surface area contributed by atoms with E-state index in [9.17, 15) is 0 Å². The van der Waals surface area contributed by atoms with Crippen molar-refractivity contribution in [2.24, 2.45) is 11.5 Å². The minimum atomic E-state index is 0.329. The van der Waals surface area contributed by atoms with E-state index in [1.165, 1.54) is 64.2 Å². The fourth-order valence-corrected chi connectivity index (χ4v) is 2.72. The molecule has 6 N–H and O–H groups in total. The second-order valence-electron chi connectivity index (χ2n) is 6.94. The summed E-state index contributed by atoms with van der Waals surface area (Å²) in [5.41, 5.74) is 11.2. The molecule has 0 saturated carbocycles. The predicted octanol–water partition coefficient (Wildman–Crippen LogP) is 3.15. The molecule has 0 bridgehead atoms. The smallest absolute Gasteiger partial charge is 0.00225 e. The van der Waals surface area contributed by atoms with Gasteiger partial charge in [-0.2, -0.15) is 0 Å². The maximum absolute atomic E-state index is 5.72. The summed E-state index contributed by atoms with van der Waals surface area (Å²) >= 11 is 0. The molecule has 0 aromatic carbocycles. The molecule has 0 aromatic rings. The Morgan fingerprint density at radius 2 is 1.00 bits per heavy atom. The van der Waals surface area contributed by atoms with E-state index < -0.39 is 0 Å². The molecule has 0 aliphatic carbocycles. The minimum absolute atomic E-state index is 0.329. The molecule has 0 rings (SSSR count). The van der Waals surface area contributed by atoms with Gasteiger partial charge in [-0.25, -0.2) is 0 Å². The summed E-state index contributed by atoms with van der Waals surface area (Å²) in [5, 5.41) is 6.92. The highest BCUT2D eigenvalue weighted by molar-refractivity contribution is 4.56. The standard InChI is InChI=1S/C19H44N4/c1-19(21)13-18-23-16-11-9-7-5-3-2-4-6-8-10-15-22-17-12-14-20/h19,22-23H,2-18,20-21H2,1H3. The van der Waals surface area contributed by atoms with Crippen LogP contribution in [0, 0.1) is 0 Å². The number of nitrogens with two attached hydrogens (primary N) is 2. The lowest BCUT2D eigenvalue weighted by atomic mass is 10.1.